The van der Waals surface area contributed by atoms with Crippen molar-refractivity contribution in [3.63, 3.8) is 0 Å². The molecule has 1 heterocycles. The Morgan fingerprint density at radius 2 is 2.50 bits per heavy atom. The predicted molar refractivity (Wildman–Crippen MR) is 51.9 cm³/mol. The van der Waals surface area contributed by atoms with Crippen LogP contribution in [0.5, 0.6) is 0 Å². The van der Waals surface area contributed by atoms with Gasteiger partial charge in [0.25, 0.3) is 0 Å². The van der Waals surface area contributed by atoms with Gasteiger partial charge in [-0.3, -0.25) is 0 Å². The molecular formula is C8H13BrN2O. The van der Waals surface area contributed by atoms with Gasteiger partial charge in [0.2, 0.25) is 0 Å². The molecule has 0 amide bonds. The van der Waals surface area contributed by atoms with Gasteiger partial charge in [-0.05, 0) is 28.9 Å². The van der Waals surface area contributed by atoms with E-state index < -0.39 is 0 Å². The summed E-state index contributed by atoms with van der Waals surface area (Å²) >= 11 is 3.35. The summed E-state index contributed by atoms with van der Waals surface area (Å²) < 4.78 is 1.05. The molecule has 1 aromatic heterocycles. The molecule has 3 N–H and O–H groups in total. The fourth-order valence-electron chi connectivity index (χ4n) is 0.862. The zero-order chi connectivity index (χ0) is 8.97. The summed E-state index contributed by atoms with van der Waals surface area (Å²) in [5, 5.41) is 11.9. The smallest absolute Gasteiger partial charge is 0.0582 e. The van der Waals surface area contributed by atoms with Crippen molar-refractivity contribution < 1.29 is 5.11 Å². The van der Waals surface area contributed by atoms with E-state index in [-0.39, 0.29) is 12.6 Å². The zero-order valence-corrected chi connectivity index (χ0v) is 8.56. The number of rotatable bonds is 4. The molecule has 0 saturated heterocycles. The molecule has 0 aromatic carbocycles. The third-order valence-corrected chi connectivity index (χ3v) is 2.08. The average Bonchev–Trinajstić information content (AvgIpc) is 2.47. The van der Waals surface area contributed by atoms with Crippen LogP contribution >= 0.6 is 15.9 Å². The second kappa shape index (κ2) is 4.64. The number of halogens is 1. The molecule has 0 fully saturated rings. The van der Waals surface area contributed by atoms with Gasteiger partial charge < -0.3 is 15.4 Å². The lowest BCUT2D eigenvalue weighted by Crippen LogP contribution is -2.28. The predicted octanol–water partition coefficient (Wildman–Crippen LogP) is 1.25. The molecule has 12 heavy (non-hydrogen) atoms. The highest BCUT2D eigenvalue weighted by Gasteiger charge is 1.99. The lowest BCUT2D eigenvalue weighted by atomic mass is 10.3. The Morgan fingerprint density at radius 1 is 1.75 bits per heavy atom. The number of aliphatic hydroxyl groups is 1. The van der Waals surface area contributed by atoms with Crippen LogP contribution < -0.4 is 5.32 Å². The maximum atomic E-state index is 8.74. The molecule has 1 unspecified atom stereocenters. The van der Waals surface area contributed by atoms with Crippen LogP contribution in [0.1, 0.15) is 12.6 Å². The number of hydrogen-bond donors (Lipinski definition) is 3. The fraction of sp³-hybridized carbons (Fsp3) is 0.500. The van der Waals surface area contributed by atoms with E-state index in [0.29, 0.717) is 0 Å². The molecule has 0 radical (unpaired) electrons. The Kier molecular flexibility index (Phi) is 3.78. The first-order valence-electron chi connectivity index (χ1n) is 3.89. The van der Waals surface area contributed by atoms with E-state index in [1.165, 1.54) is 0 Å². The first-order valence-corrected chi connectivity index (χ1v) is 4.68. The van der Waals surface area contributed by atoms with Gasteiger partial charge in [-0.1, -0.05) is 0 Å². The van der Waals surface area contributed by atoms with Crippen LogP contribution in [0.3, 0.4) is 0 Å². The van der Waals surface area contributed by atoms with E-state index in [0.717, 1.165) is 16.7 Å². The highest BCUT2D eigenvalue weighted by atomic mass is 79.9. The van der Waals surface area contributed by atoms with Crippen LogP contribution in [-0.2, 0) is 6.54 Å². The minimum absolute atomic E-state index is 0.145. The number of aliphatic hydroxyl groups excluding tert-OH is 1. The van der Waals surface area contributed by atoms with Gasteiger partial charge in [-0.25, -0.2) is 0 Å². The lowest BCUT2D eigenvalue weighted by Gasteiger charge is -2.08. The van der Waals surface area contributed by atoms with Crippen molar-refractivity contribution in [3.8, 4) is 0 Å². The van der Waals surface area contributed by atoms with Gasteiger partial charge in [-0.2, -0.15) is 0 Å². The summed E-state index contributed by atoms with van der Waals surface area (Å²) in [6.45, 7) is 2.87. The molecule has 0 aliphatic rings. The number of aromatic nitrogens is 1. The Morgan fingerprint density at radius 3 is 3.00 bits per heavy atom. The van der Waals surface area contributed by atoms with Gasteiger partial charge in [0.15, 0.2) is 0 Å². The largest absolute Gasteiger partial charge is 0.395 e. The van der Waals surface area contributed by atoms with Crippen molar-refractivity contribution in [2.24, 2.45) is 0 Å². The number of aromatic amines is 1. The van der Waals surface area contributed by atoms with Crippen molar-refractivity contribution in [3.05, 3.63) is 22.4 Å². The van der Waals surface area contributed by atoms with E-state index in [4.69, 9.17) is 5.11 Å². The average molecular weight is 233 g/mol. The van der Waals surface area contributed by atoms with Crippen LogP contribution in [0, 0.1) is 0 Å². The van der Waals surface area contributed by atoms with Crippen molar-refractivity contribution in [1.82, 2.24) is 10.3 Å². The summed E-state index contributed by atoms with van der Waals surface area (Å²) in [5.41, 5.74) is 1.11. The van der Waals surface area contributed by atoms with Gasteiger partial charge in [-0.15, -0.1) is 0 Å². The SMILES string of the molecule is CC(CO)NCc1cc(Br)c[nH]1. The third kappa shape index (κ3) is 2.97. The van der Waals surface area contributed by atoms with Crippen LogP contribution in [0.15, 0.2) is 16.7 Å². The molecule has 0 spiro atoms. The van der Waals surface area contributed by atoms with Crippen molar-refractivity contribution in [2.75, 3.05) is 6.61 Å². The summed E-state index contributed by atoms with van der Waals surface area (Å²) in [6.07, 6.45) is 1.89. The Bertz CT molecular complexity index is 237. The van der Waals surface area contributed by atoms with Gasteiger partial charge in [0, 0.05) is 29.0 Å². The van der Waals surface area contributed by atoms with E-state index in [1.807, 2.05) is 19.2 Å². The minimum atomic E-state index is 0.145. The van der Waals surface area contributed by atoms with E-state index in [1.54, 1.807) is 0 Å². The maximum Gasteiger partial charge on any atom is 0.0582 e. The van der Waals surface area contributed by atoms with Crippen molar-refractivity contribution in [2.45, 2.75) is 19.5 Å². The third-order valence-electron chi connectivity index (χ3n) is 1.62. The fourth-order valence-corrected chi connectivity index (χ4v) is 1.25. The Labute approximate surface area is 80.3 Å². The normalized spacial score (nSPS) is 13.2. The summed E-state index contributed by atoms with van der Waals surface area (Å²) in [5.74, 6) is 0. The first kappa shape index (κ1) is 9.77. The maximum absolute atomic E-state index is 8.74. The molecule has 68 valence electrons. The first-order chi connectivity index (χ1) is 5.72. The highest BCUT2D eigenvalue weighted by molar-refractivity contribution is 9.10. The number of nitrogens with one attached hydrogen (secondary N) is 2. The molecule has 1 aromatic rings. The van der Waals surface area contributed by atoms with Gasteiger partial charge in [0.05, 0.1) is 6.61 Å². The molecule has 0 aliphatic carbocycles. The molecule has 4 heteroatoms. The summed E-state index contributed by atoms with van der Waals surface area (Å²) in [7, 11) is 0. The van der Waals surface area contributed by atoms with Crippen LogP contribution in [0.25, 0.3) is 0 Å². The monoisotopic (exact) mass is 232 g/mol. The molecule has 0 bridgehead atoms. The highest BCUT2D eigenvalue weighted by Crippen LogP contribution is 2.10. The summed E-state index contributed by atoms with van der Waals surface area (Å²) in [6, 6.07) is 2.16. The minimum Gasteiger partial charge on any atom is -0.395 e. The van der Waals surface area contributed by atoms with Crippen molar-refractivity contribution >= 4 is 15.9 Å². The molecular weight excluding hydrogens is 220 g/mol. The molecule has 1 rings (SSSR count). The standard InChI is InChI=1S/C8H13BrN2O/c1-6(5-12)10-4-8-2-7(9)3-11-8/h2-3,6,10-12H,4-5H2,1H3. The second-order valence-electron chi connectivity index (χ2n) is 2.81. The lowest BCUT2D eigenvalue weighted by molar-refractivity contribution is 0.250. The molecule has 3 nitrogen and oxygen atoms in total. The van der Waals surface area contributed by atoms with Gasteiger partial charge >= 0.3 is 0 Å². The molecule has 0 aliphatic heterocycles. The number of H-pyrrole nitrogens is 1. The second-order valence-corrected chi connectivity index (χ2v) is 3.72. The summed E-state index contributed by atoms with van der Waals surface area (Å²) in [4.78, 5) is 3.09. The Hall–Kier alpha value is -0.320. The zero-order valence-electron chi connectivity index (χ0n) is 6.97. The number of hydrogen-bond acceptors (Lipinski definition) is 2. The quantitative estimate of drug-likeness (QED) is 0.732. The van der Waals surface area contributed by atoms with Crippen LogP contribution in [0.2, 0.25) is 0 Å². The topological polar surface area (TPSA) is 48.0 Å². The van der Waals surface area contributed by atoms with E-state index in [9.17, 15) is 0 Å². The molecule has 0 saturated carbocycles. The van der Waals surface area contributed by atoms with E-state index in [2.05, 4.69) is 26.2 Å². The van der Waals surface area contributed by atoms with Crippen LogP contribution in [0.4, 0.5) is 0 Å². The van der Waals surface area contributed by atoms with Gasteiger partial charge in [0.1, 0.15) is 0 Å². The van der Waals surface area contributed by atoms with E-state index >= 15 is 0 Å². The molecule has 1 atom stereocenters. The van der Waals surface area contributed by atoms with Crippen LogP contribution in [-0.4, -0.2) is 22.7 Å². The Balaban J connectivity index is 2.33. The van der Waals surface area contributed by atoms with Crippen molar-refractivity contribution in [1.29, 1.82) is 0 Å².